The number of likely N-dealkylation sites (tertiary alicyclic amines) is 2. The molecule has 1 amide bonds. The van der Waals surface area contributed by atoms with Crippen molar-refractivity contribution < 1.29 is 13.7 Å². The van der Waals surface area contributed by atoms with Gasteiger partial charge in [-0.3, -0.25) is 9.00 Å². The highest BCUT2D eigenvalue weighted by molar-refractivity contribution is 7.85. The molecule has 0 saturated carbocycles. The average Bonchev–Trinajstić information content (AvgIpc) is 3.82. The number of amides is 1. The molecule has 1 aromatic heterocycles. The molecule has 45 heavy (non-hydrogen) atoms. The summed E-state index contributed by atoms with van der Waals surface area (Å²) in [5.74, 6) is 1.05. The van der Waals surface area contributed by atoms with Crippen LogP contribution in [-0.2, 0) is 26.7 Å². The van der Waals surface area contributed by atoms with Crippen molar-refractivity contribution in [2.75, 3.05) is 39.8 Å². The molecule has 2 saturated heterocycles. The Morgan fingerprint density at radius 2 is 1.82 bits per heavy atom. The lowest BCUT2D eigenvalue weighted by Gasteiger charge is -2.40. The third kappa shape index (κ3) is 5.45. The van der Waals surface area contributed by atoms with E-state index in [9.17, 15) is 9.00 Å². The lowest BCUT2D eigenvalue weighted by Crippen LogP contribution is -2.45. The molecule has 2 atom stereocenters. The number of nitrogens with zero attached hydrogens (tertiary/aromatic N) is 6. The number of piperidine rings is 1. The number of hydrogen-bond donors (Lipinski definition) is 0. The maximum absolute atomic E-state index is 14.1. The highest BCUT2D eigenvalue weighted by atomic mass is 35.5. The molecule has 3 aromatic carbocycles. The minimum Gasteiger partial charge on any atom is -0.496 e. The first kappa shape index (κ1) is 30.3. The Morgan fingerprint density at radius 1 is 1.00 bits per heavy atom. The Kier molecular flexibility index (Phi) is 8.18. The SMILES string of the molecule is COc1ccc(-n2cnnn2)cc1C(=O)N1CC[C@](CCN2CCC3(CC2)c2ccccc2CS3=O)(c2ccc(Cl)c(Cl)c2)C1. The molecule has 0 N–H and O–H groups in total. The molecule has 1 spiro atoms. The van der Waals surface area contributed by atoms with Crippen molar-refractivity contribution in [3.8, 4) is 11.4 Å². The van der Waals surface area contributed by atoms with Crippen molar-refractivity contribution in [2.45, 2.75) is 41.6 Å². The molecule has 7 rings (SSSR count). The van der Waals surface area contributed by atoms with E-state index in [1.165, 1.54) is 22.1 Å². The van der Waals surface area contributed by atoms with Gasteiger partial charge in [0.2, 0.25) is 0 Å². The van der Waals surface area contributed by atoms with Gasteiger partial charge in [0.1, 0.15) is 12.1 Å². The molecule has 12 heteroatoms. The summed E-state index contributed by atoms with van der Waals surface area (Å²) in [6.07, 6.45) is 4.91. The number of benzene rings is 3. The van der Waals surface area contributed by atoms with E-state index >= 15 is 0 Å². The highest BCUT2D eigenvalue weighted by Gasteiger charge is 2.48. The average molecular weight is 666 g/mol. The van der Waals surface area contributed by atoms with Gasteiger partial charge in [0.05, 0.1) is 33.2 Å². The van der Waals surface area contributed by atoms with Crippen LogP contribution in [0.4, 0.5) is 0 Å². The van der Waals surface area contributed by atoms with E-state index in [0.29, 0.717) is 45.9 Å². The molecule has 1 unspecified atom stereocenters. The minimum atomic E-state index is -0.892. The fourth-order valence-corrected chi connectivity index (χ4v) is 9.60. The van der Waals surface area contributed by atoms with Crippen LogP contribution in [0.3, 0.4) is 0 Å². The van der Waals surface area contributed by atoms with Crippen LogP contribution < -0.4 is 4.74 Å². The maximum atomic E-state index is 14.1. The zero-order valence-corrected chi connectivity index (χ0v) is 27.3. The fourth-order valence-electron chi connectivity index (χ4n) is 7.41. The lowest BCUT2D eigenvalue weighted by atomic mass is 9.76. The van der Waals surface area contributed by atoms with Crippen LogP contribution in [0, 0.1) is 0 Å². The van der Waals surface area contributed by atoms with E-state index in [2.05, 4.69) is 38.6 Å². The number of carbonyl (C=O) groups is 1. The van der Waals surface area contributed by atoms with Gasteiger partial charge in [0, 0.05) is 35.1 Å². The minimum absolute atomic E-state index is 0.106. The number of carbonyl (C=O) groups excluding carboxylic acids is 1. The molecular formula is C33H34Cl2N6O3S. The number of ether oxygens (including phenoxy) is 1. The van der Waals surface area contributed by atoms with Crippen LogP contribution in [0.25, 0.3) is 5.69 Å². The third-order valence-corrected chi connectivity index (χ3v) is 12.8. The van der Waals surface area contributed by atoms with Gasteiger partial charge in [0.15, 0.2) is 0 Å². The molecule has 0 radical (unpaired) electrons. The molecule has 2 fully saturated rings. The van der Waals surface area contributed by atoms with Crippen molar-refractivity contribution in [1.29, 1.82) is 0 Å². The van der Waals surface area contributed by atoms with Gasteiger partial charge in [-0.15, -0.1) is 5.10 Å². The van der Waals surface area contributed by atoms with Gasteiger partial charge in [-0.25, -0.2) is 4.68 Å². The van der Waals surface area contributed by atoms with Crippen LogP contribution >= 0.6 is 23.2 Å². The van der Waals surface area contributed by atoms with E-state index in [0.717, 1.165) is 50.9 Å². The monoisotopic (exact) mass is 664 g/mol. The molecule has 0 aliphatic carbocycles. The first-order valence-electron chi connectivity index (χ1n) is 15.2. The number of hydrogen-bond acceptors (Lipinski definition) is 7. The Bertz CT molecular complexity index is 1760. The van der Waals surface area contributed by atoms with Gasteiger partial charge in [-0.1, -0.05) is 53.5 Å². The number of methoxy groups -OCH3 is 1. The van der Waals surface area contributed by atoms with E-state index in [1.54, 1.807) is 19.2 Å². The third-order valence-electron chi connectivity index (χ3n) is 10.0. The second kappa shape index (κ2) is 12.1. The molecule has 3 aliphatic rings. The fraction of sp³-hybridized carbons (Fsp3) is 0.394. The molecule has 3 aliphatic heterocycles. The number of tetrazole rings is 1. The summed E-state index contributed by atoms with van der Waals surface area (Å²) in [5.41, 5.74) is 4.43. The summed E-state index contributed by atoms with van der Waals surface area (Å²) < 4.78 is 20.2. The van der Waals surface area contributed by atoms with Crippen molar-refractivity contribution in [2.24, 2.45) is 0 Å². The second-order valence-corrected chi connectivity index (χ2v) is 14.8. The molecule has 4 heterocycles. The van der Waals surface area contributed by atoms with Crippen LogP contribution in [0.1, 0.15) is 52.7 Å². The van der Waals surface area contributed by atoms with Crippen LogP contribution in [0.15, 0.2) is 67.0 Å². The topological polar surface area (TPSA) is 93.4 Å². The highest BCUT2D eigenvalue weighted by Crippen LogP contribution is 2.47. The maximum Gasteiger partial charge on any atom is 0.257 e. The zero-order valence-electron chi connectivity index (χ0n) is 25.0. The Hall–Kier alpha value is -3.31. The number of aromatic nitrogens is 4. The summed E-state index contributed by atoms with van der Waals surface area (Å²) in [4.78, 5) is 18.5. The van der Waals surface area contributed by atoms with Crippen molar-refractivity contribution >= 4 is 39.9 Å². The van der Waals surface area contributed by atoms with Gasteiger partial charge in [0.25, 0.3) is 5.91 Å². The molecule has 0 bridgehead atoms. The zero-order chi connectivity index (χ0) is 31.2. The summed E-state index contributed by atoms with van der Waals surface area (Å²) in [6, 6.07) is 19.6. The smallest absolute Gasteiger partial charge is 0.257 e. The van der Waals surface area contributed by atoms with Crippen LogP contribution in [0.5, 0.6) is 5.75 Å². The quantitative estimate of drug-likeness (QED) is 0.261. The largest absolute Gasteiger partial charge is 0.496 e. The Labute approximate surface area is 274 Å². The standard InChI is InChI=1S/C33H34Cl2N6O3S/c1-44-30-9-7-25(41-22-36-37-38-41)19-26(30)31(42)40-17-11-32(21-40,24-6-8-28(34)29(35)18-24)10-14-39-15-12-33(13-16-39)27-5-3-2-4-23(27)20-45(33)43/h2-9,18-19,22H,10-17,20-21H2,1H3/t32-,45?/m0/s1. The molecule has 4 aromatic rings. The van der Waals surface area contributed by atoms with Gasteiger partial charge in [-0.05, 0) is 103 Å². The van der Waals surface area contributed by atoms with E-state index in [4.69, 9.17) is 27.9 Å². The molecule has 9 nitrogen and oxygen atoms in total. The number of halogens is 2. The Balaban J connectivity index is 1.11. The van der Waals surface area contributed by atoms with Crippen molar-refractivity contribution in [1.82, 2.24) is 30.0 Å². The van der Waals surface area contributed by atoms with Gasteiger partial charge < -0.3 is 14.5 Å². The first-order valence-corrected chi connectivity index (χ1v) is 17.2. The Morgan fingerprint density at radius 3 is 2.58 bits per heavy atom. The molecular weight excluding hydrogens is 631 g/mol. The van der Waals surface area contributed by atoms with E-state index in [-0.39, 0.29) is 16.1 Å². The van der Waals surface area contributed by atoms with Crippen LogP contribution in [-0.4, -0.2) is 80.0 Å². The van der Waals surface area contributed by atoms with Gasteiger partial charge in [-0.2, -0.15) is 0 Å². The normalized spacial score (nSPS) is 22.6. The van der Waals surface area contributed by atoms with Crippen molar-refractivity contribution in [3.05, 3.63) is 99.3 Å². The molecule has 234 valence electrons. The van der Waals surface area contributed by atoms with Gasteiger partial charge >= 0.3 is 0 Å². The summed E-state index contributed by atoms with van der Waals surface area (Å²) in [6.45, 7) is 3.78. The summed E-state index contributed by atoms with van der Waals surface area (Å²) in [7, 11) is 0.673. The second-order valence-electron chi connectivity index (χ2n) is 12.3. The van der Waals surface area contributed by atoms with Crippen LogP contribution in [0.2, 0.25) is 10.0 Å². The predicted molar refractivity (Wildman–Crippen MR) is 175 cm³/mol. The van der Waals surface area contributed by atoms with E-state index in [1.807, 2.05) is 35.2 Å². The summed E-state index contributed by atoms with van der Waals surface area (Å²) in [5, 5.41) is 12.4. The van der Waals surface area contributed by atoms with E-state index < -0.39 is 10.8 Å². The number of rotatable bonds is 7. The number of fused-ring (bicyclic) bond motifs is 2. The summed E-state index contributed by atoms with van der Waals surface area (Å²) >= 11 is 12.9. The lowest BCUT2D eigenvalue weighted by molar-refractivity contribution is 0.0776. The first-order chi connectivity index (χ1) is 21.8. The van der Waals surface area contributed by atoms with Crippen molar-refractivity contribution in [3.63, 3.8) is 0 Å². The predicted octanol–water partition coefficient (Wildman–Crippen LogP) is 5.41.